The Morgan fingerprint density at radius 1 is 1.62 bits per heavy atom. The van der Waals surface area contributed by atoms with Gasteiger partial charge in [-0.2, -0.15) is 0 Å². The van der Waals surface area contributed by atoms with Gasteiger partial charge in [0.25, 0.3) is 0 Å². The molecule has 1 unspecified atom stereocenters. The highest BCUT2D eigenvalue weighted by Gasteiger charge is 2.23. The molecule has 0 saturated carbocycles. The Kier molecular flexibility index (Phi) is 2.42. The number of rotatable bonds is 3. The first kappa shape index (κ1) is 8.85. The molecule has 1 aliphatic rings. The lowest BCUT2D eigenvalue weighted by Crippen LogP contribution is -2.04. The van der Waals surface area contributed by atoms with Gasteiger partial charge in [0.05, 0.1) is 6.61 Å². The summed E-state index contributed by atoms with van der Waals surface area (Å²) in [6, 6.07) is 5.61. The van der Waals surface area contributed by atoms with E-state index in [2.05, 4.69) is 0 Å². The van der Waals surface area contributed by atoms with Crippen LogP contribution in [0.1, 0.15) is 5.56 Å². The molecule has 0 aromatic heterocycles. The maximum atomic E-state index is 5.81. The molecule has 1 atom stereocenters. The topological polar surface area (TPSA) is 21.8 Å². The number of benzene rings is 1. The quantitative estimate of drug-likeness (QED) is 0.696. The van der Waals surface area contributed by atoms with Gasteiger partial charge in [-0.1, -0.05) is 11.6 Å². The van der Waals surface area contributed by atoms with E-state index < -0.39 is 0 Å². The summed E-state index contributed by atoms with van der Waals surface area (Å²) in [6.45, 7) is 3.45. The number of ether oxygens (including phenoxy) is 2. The van der Waals surface area contributed by atoms with Crippen LogP contribution < -0.4 is 4.74 Å². The van der Waals surface area contributed by atoms with Crippen LogP contribution >= 0.6 is 11.6 Å². The fourth-order valence-electron chi connectivity index (χ4n) is 1.12. The van der Waals surface area contributed by atoms with Crippen LogP contribution in [0.4, 0.5) is 0 Å². The number of hydrogen-bond acceptors (Lipinski definition) is 2. The van der Waals surface area contributed by atoms with Gasteiger partial charge < -0.3 is 9.47 Å². The van der Waals surface area contributed by atoms with E-state index in [-0.39, 0.29) is 0 Å². The zero-order chi connectivity index (χ0) is 9.26. The van der Waals surface area contributed by atoms with Crippen LogP contribution in [-0.4, -0.2) is 19.3 Å². The standard InChI is InChI=1S/C10H11ClO2/c1-7-4-8(11)2-3-10(7)13-6-9-5-12-9/h2-4,9H,5-6H2,1H3. The van der Waals surface area contributed by atoms with Gasteiger partial charge in [-0.25, -0.2) is 0 Å². The third-order valence-electron chi connectivity index (χ3n) is 1.96. The van der Waals surface area contributed by atoms with E-state index >= 15 is 0 Å². The molecule has 1 fully saturated rings. The zero-order valence-electron chi connectivity index (χ0n) is 7.42. The molecule has 0 N–H and O–H groups in total. The van der Waals surface area contributed by atoms with E-state index in [0.29, 0.717) is 12.7 Å². The number of halogens is 1. The minimum absolute atomic E-state index is 0.301. The fraction of sp³-hybridized carbons (Fsp3) is 0.400. The molecule has 1 saturated heterocycles. The van der Waals surface area contributed by atoms with Gasteiger partial charge >= 0.3 is 0 Å². The van der Waals surface area contributed by atoms with Crippen molar-refractivity contribution in [2.45, 2.75) is 13.0 Å². The van der Waals surface area contributed by atoms with Crippen molar-refractivity contribution in [3.63, 3.8) is 0 Å². The van der Waals surface area contributed by atoms with Crippen LogP contribution in [0.3, 0.4) is 0 Å². The van der Waals surface area contributed by atoms with Crippen LogP contribution in [0.25, 0.3) is 0 Å². The van der Waals surface area contributed by atoms with Crippen LogP contribution in [0.2, 0.25) is 5.02 Å². The zero-order valence-corrected chi connectivity index (χ0v) is 8.17. The molecule has 0 aliphatic carbocycles. The van der Waals surface area contributed by atoms with Crippen molar-refractivity contribution in [1.82, 2.24) is 0 Å². The van der Waals surface area contributed by atoms with Crippen LogP contribution in [0.15, 0.2) is 18.2 Å². The van der Waals surface area contributed by atoms with E-state index in [1.54, 1.807) is 0 Å². The van der Waals surface area contributed by atoms with Crippen molar-refractivity contribution in [3.8, 4) is 5.75 Å². The largest absolute Gasteiger partial charge is 0.491 e. The maximum absolute atomic E-state index is 5.81. The van der Waals surface area contributed by atoms with Gasteiger partial charge in [-0.3, -0.25) is 0 Å². The highest BCUT2D eigenvalue weighted by molar-refractivity contribution is 6.30. The number of aryl methyl sites for hydroxylation is 1. The van der Waals surface area contributed by atoms with Crippen molar-refractivity contribution in [2.75, 3.05) is 13.2 Å². The predicted molar refractivity (Wildman–Crippen MR) is 51.4 cm³/mol. The Hall–Kier alpha value is -0.730. The highest BCUT2D eigenvalue weighted by atomic mass is 35.5. The first-order valence-electron chi connectivity index (χ1n) is 4.26. The Bertz CT molecular complexity index is 308. The molecule has 1 aromatic rings. The van der Waals surface area contributed by atoms with Crippen LogP contribution in [-0.2, 0) is 4.74 Å². The number of epoxide rings is 1. The summed E-state index contributed by atoms with van der Waals surface area (Å²) >= 11 is 5.81. The molecule has 2 nitrogen and oxygen atoms in total. The fourth-order valence-corrected chi connectivity index (χ4v) is 1.35. The third-order valence-corrected chi connectivity index (χ3v) is 2.20. The van der Waals surface area contributed by atoms with Crippen molar-refractivity contribution < 1.29 is 9.47 Å². The molecule has 13 heavy (non-hydrogen) atoms. The summed E-state index contributed by atoms with van der Waals surface area (Å²) in [7, 11) is 0. The highest BCUT2D eigenvalue weighted by Crippen LogP contribution is 2.22. The lowest BCUT2D eigenvalue weighted by molar-refractivity contribution is 0.262. The molecule has 3 heteroatoms. The second-order valence-corrected chi connectivity index (χ2v) is 3.61. The Morgan fingerprint density at radius 3 is 3.00 bits per heavy atom. The summed E-state index contributed by atoms with van der Waals surface area (Å²) in [6.07, 6.45) is 0.301. The second kappa shape index (κ2) is 3.56. The average Bonchev–Trinajstić information content (AvgIpc) is 2.86. The van der Waals surface area contributed by atoms with Crippen molar-refractivity contribution in [1.29, 1.82) is 0 Å². The summed E-state index contributed by atoms with van der Waals surface area (Å²) in [5, 5.41) is 0.743. The lowest BCUT2D eigenvalue weighted by Gasteiger charge is -2.07. The van der Waals surface area contributed by atoms with Crippen molar-refractivity contribution in [2.24, 2.45) is 0 Å². The third kappa shape index (κ3) is 2.36. The Morgan fingerprint density at radius 2 is 2.38 bits per heavy atom. The van der Waals surface area contributed by atoms with Gasteiger partial charge in [0, 0.05) is 5.02 Å². The van der Waals surface area contributed by atoms with Crippen LogP contribution in [0, 0.1) is 6.92 Å². The van der Waals surface area contributed by atoms with Gasteiger partial charge in [-0.15, -0.1) is 0 Å². The van der Waals surface area contributed by atoms with E-state index in [1.807, 2.05) is 25.1 Å². The van der Waals surface area contributed by atoms with E-state index in [4.69, 9.17) is 21.1 Å². The van der Waals surface area contributed by atoms with Gasteiger partial charge in [0.15, 0.2) is 0 Å². The van der Waals surface area contributed by atoms with Crippen molar-refractivity contribution in [3.05, 3.63) is 28.8 Å². The minimum Gasteiger partial charge on any atom is -0.491 e. The molecule has 1 heterocycles. The molecule has 0 spiro atoms. The summed E-state index contributed by atoms with van der Waals surface area (Å²) < 4.78 is 10.6. The average molecular weight is 199 g/mol. The van der Waals surface area contributed by atoms with E-state index in [9.17, 15) is 0 Å². The first-order valence-corrected chi connectivity index (χ1v) is 4.64. The molecule has 1 aliphatic heterocycles. The summed E-state index contributed by atoms with van der Waals surface area (Å²) in [4.78, 5) is 0. The Labute approximate surface area is 82.4 Å². The SMILES string of the molecule is Cc1cc(Cl)ccc1OCC1CO1. The molecule has 2 rings (SSSR count). The van der Waals surface area contributed by atoms with E-state index in [0.717, 1.165) is 22.9 Å². The molecule has 0 bridgehead atoms. The number of hydrogen-bond donors (Lipinski definition) is 0. The van der Waals surface area contributed by atoms with Gasteiger partial charge in [-0.05, 0) is 30.7 Å². The molecule has 0 radical (unpaired) electrons. The van der Waals surface area contributed by atoms with Gasteiger partial charge in [0.2, 0.25) is 0 Å². The smallest absolute Gasteiger partial charge is 0.122 e. The molecular weight excluding hydrogens is 188 g/mol. The van der Waals surface area contributed by atoms with E-state index in [1.165, 1.54) is 0 Å². The van der Waals surface area contributed by atoms with Gasteiger partial charge in [0.1, 0.15) is 18.5 Å². The lowest BCUT2D eigenvalue weighted by atomic mass is 10.2. The second-order valence-electron chi connectivity index (χ2n) is 3.18. The Balaban J connectivity index is 2.01. The molecule has 70 valence electrons. The maximum Gasteiger partial charge on any atom is 0.122 e. The molecule has 1 aromatic carbocycles. The van der Waals surface area contributed by atoms with Crippen molar-refractivity contribution >= 4 is 11.6 Å². The monoisotopic (exact) mass is 198 g/mol. The molecular formula is C10H11ClO2. The molecule has 0 amide bonds. The summed E-state index contributed by atoms with van der Waals surface area (Å²) in [5.41, 5.74) is 1.06. The van der Waals surface area contributed by atoms with Crippen LogP contribution in [0.5, 0.6) is 5.75 Å². The normalized spacial score (nSPS) is 20.0. The summed E-state index contributed by atoms with van der Waals surface area (Å²) in [5.74, 6) is 0.889. The predicted octanol–water partition coefficient (Wildman–Crippen LogP) is 2.43. The first-order chi connectivity index (χ1) is 6.25. The minimum atomic E-state index is 0.301.